The van der Waals surface area contributed by atoms with Crippen LogP contribution in [-0.2, 0) is 0 Å². The lowest BCUT2D eigenvalue weighted by atomic mass is 10.1. The van der Waals surface area contributed by atoms with Crippen LogP contribution in [0.25, 0.3) is 54.9 Å². The first-order valence-corrected chi connectivity index (χ1v) is 12.2. The maximum Gasteiger partial charge on any atom is 0.229 e. The lowest BCUT2D eigenvalue weighted by Crippen LogP contribution is -2.11. The second-order valence-electron chi connectivity index (χ2n) is 9.08. The monoisotopic (exact) mass is 477 g/mol. The third-order valence-electron chi connectivity index (χ3n) is 6.96. The molecule has 0 radical (unpaired) electrons. The van der Waals surface area contributed by atoms with Crippen molar-refractivity contribution in [1.82, 2.24) is 9.97 Å². The van der Waals surface area contributed by atoms with Crippen molar-refractivity contribution in [2.45, 2.75) is 0 Å². The molecule has 4 aromatic carbocycles. The summed E-state index contributed by atoms with van der Waals surface area (Å²) in [6.45, 7) is 0. The van der Waals surface area contributed by atoms with Crippen LogP contribution in [0.1, 0.15) is 0 Å². The largest absolute Gasteiger partial charge is 0.454 e. The van der Waals surface area contributed by atoms with Crippen LogP contribution in [0.3, 0.4) is 0 Å². The van der Waals surface area contributed by atoms with Crippen LogP contribution in [0.5, 0.6) is 0 Å². The van der Waals surface area contributed by atoms with Gasteiger partial charge in [0.05, 0.1) is 28.6 Å². The summed E-state index contributed by atoms with van der Waals surface area (Å²) in [6.07, 6.45) is 3.71. The van der Waals surface area contributed by atoms with Gasteiger partial charge in [-0.2, -0.15) is 0 Å². The molecule has 5 heteroatoms. The fourth-order valence-corrected chi connectivity index (χ4v) is 5.33. The highest BCUT2D eigenvalue weighted by atomic mass is 16.3. The van der Waals surface area contributed by atoms with Crippen molar-refractivity contribution in [3.8, 4) is 0 Å². The number of rotatable bonds is 3. The van der Waals surface area contributed by atoms with Gasteiger partial charge >= 0.3 is 0 Å². The number of nitrogens with zero attached hydrogens (tertiary/aromatic N) is 3. The first-order chi connectivity index (χ1) is 18.3. The van der Waals surface area contributed by atoms with Gasteiger partial charge in [-0.05, 0) is 35.7 Å². The van der Waals surface area contributed by atoms with E-state index in [9.17, 15) is 0 Å². The Bertz CT molecular complexity index is 2120. The smallest absolute Gasteiger partial charge is 0.229 e. The molecule has 0 aliphatic carbocycles. The lowest BCUT2D eigenvalue weighted by Gasteiger charge is -2.27. The van der Waals surface area contributed by atoms with Crippen molar-refractivity contribution >= 4 is 72.0 Å². The molecule has 8 rings (SSSR count). The molecule has 4 aromatic heterocycles. The quantitative estimate of drug-likeness (QED) is 0.254. The SMILES string of the molecule is c1ccc2c(N(c3cnc4c(c3)oc3ccccc34)c3ccnc4oc5ccccc5c34)cccc2c1. The van der Waals surface area contributed by atoms with Gasteiger partial charge in [-0.15, -0.1) is 0 Å². The minimum absolute atomic E-state index is 0.599. The van der Waals surface area contributed by atoms with Crippen LogP contribution in [0.4, 0.5) is 17.1 Å². The summed E-state index contributed by atoms with van der Waals surface area (Å²) < 4.78 is 12.4. The van der Waals surface area contributed by atoms with E-state index in [0.29, 0.717) is 5.71 Å². The summed E-state index contributed by atoms with van der Waals surface area (Å²) in [5.41, 5.74) is 6.71. The first-order valence-electron chi connectivity index (χ1n) is 12.2. The molecular formula is C32H19N3O2. The molecule has 0 aliphatic heterocycles. The molecule has 0 N–H and O–H groups in total. The van der Waals surface area contributed by atoms with E-state index in [1.807, 2.05) is 54.7 Å². The predicted octanol–water partition coefficient (Wildman–Crippen LogP) is 8.90. The van der Waals surface area contributed by atoms with Crippen molar-refractivity contribution in [2.24, 2.45) is 0 Å². The number of hydrogen-bond acceptors (Lipinski definition) is 5. The molecule has 0 unspecified atom stereocenters. The zero-order valence-electron chi connectivity index (χ0n) is 19.6. The minimum atomic E-state index is 0.599. The van der Waals surface area contributed by atoms with Crippen molar-refractivity contribution in [3.05, 3.63) is 116 Å². The fraction of sp³-hybridized carbons (Fsp3) is 0. The summed E-state index contributed by atoms with van der Waals surface area (Å²) in [4.78, 5) is 11.7. The van der Waals surface area contributed by atoms with Gasteiger partial charge in [-0.3, -0.25) is 0 Å². The van der Waals surface area contributed by atoms with Crippen LogP contribution in [0.15, 0.2) is 124 Å². The predicted molar refractivity (Wildman–Crippen MR) is 149 cm³/mol. The number of aromatic nitrogens is 2. The zero-order valence-corrected chi connectivity index (χ0v) is 19.6. The molecule has 5 nitrogen and oxygen atoms in total. The highest BCUT2D eigenvalue weighted by molar-refractivity contribution is 6.14. The van der Waals surface area contributed by atoms with E-state index in [1.165, 1.54) is 0 Å². The second kappa shape index (κ2) is 7.67. The normalized spacial score (nSPS) is 11.8. The average molecular weight is 478 g/mol. The van der Waals surface area contributed by atoms with Gasteiger partial charge in [0.25, 0.3) is 0 Å². The lowest BCUT2D eigenvalue weighted by molar-refractivity contribution is 0.654. The van der Waals surface area contributed by atoms with Crippen molar-refractivity contribution < 1.29 is 8.83 Å². The van der Waals surface area contributed by atoms with Gasteiger partial charge in [-0.1, -0.05) is 66.7 Å². The van der Waals surface area contributed by atoms with Crippen LogP contribution < -0.4 is 4.90 Å². The molecule has 0 amide bonds. The molecule has 0 saturated heterocycles. The van der Waals surface area contributed by atoms with Gasteiger partial charge in [0.1, 0.15) is 16.7 Å². The number of pyridine rings is 2. The highest BCUT2D eigenvalue weighted by Gasteiger charge is 2.22. The van der Waals surface area contributed by atoms with Crippen LogP contribution in [-0.4, -0.2) is 9.97 Å². The topological polar surface area (TPSA) is 55.3 Å². The standard InChI is InChI=1S/C32H19N3O2/c1-2-10-22-20(8-1)9-7-13-25(22)35(21-18-29-31(34-19-21)24-12-4-6-15-28(24)36-29)26-16-17-33-32-30(26)23-11-3-5-14-27(23)37-32/h1-19H. The molecule has 0 aliphatic rings. The molecule has 0 saturated carbocycles. The summed E-state index contributed by atoms with van der Waals surface area (Å²) >= 11 is 0. The molecule has 8 aromatic rings. The number of para-hydroxylation sites is 2. The first kappa shape index (κ1) is 20.1. The third kappa shape index (κ3) is 2.98. The Morgan fingerprint density at radius 2 is 1.30 bits per heavy atom. The van der Waals surface area contributed by atoms with Gasteiger partial charge < -0.3 is 13.7 Å². The summed E-state index contributed by atoms with van der Waals surface area (Å²) in [5.74, 6) is 0. The molecule has 0 spiro atoms. The third-order valence-corrected chi connectivity index (χ3v) is 6.96. The number of furan rings is 2. The average Bonchev–Trinajstić information content (AvgIpc) is 3.52. The van der Waals surface area contributed by atoms with E-state index >= 15 is 0 Å². The van der Waals surface area contributed by atoms with Gasteiger partial charge in [0.2, 0.25) is 5.71 Å². The van der Waals surface area contributed by atoms with E-state index in [0.717, 1.165) is 66.3 Å². The molecule has 0 fully saturated rings. The molecule has 4 heterocycles. The van der Waals surface area contributed by atoms with Crippen LogP contribution in [0.2, 0.25) is 0 Å². The Morgan fingerprint density at radius 3 is 2.19 bits per heavy atom. The Morgan fingerprint density at radius 1 is 0.568 bits per heavy atom. The maximum atomic E-state index is 6.23. The molecule has 0 atom stereocenters. The Hall–Kier alpha value is -5.16. The Kier molecular flexibility index (Phi) is 4.16. The zero-order chi connectivity index (χ0) is 24.3. The van der Waals surface area contributed by atoms with Crippen LogP contribution >= 0.6 is 0 Å². The van der Waals surface area contributed by atoms with Crippen molar-refractivity contribution in [3.63, 3.8) is 0 Å². The van der Waals surface area contributed by atoms with Gasteiger partial charge in [0, 0.05) is 28.4 Å². The molecule has 0 bridgehead atoms. The Labute approximate surface area is 211 Å². The molecule has 37 heavy (non-hydrogen) atoms. The summed E-state index contributed by atoms with van der Waals surface area (Å²) in [6, 6.07) is 34.9. The summed E-state index contributed by atoms with van der Waals surface area (Å²) in [7, 11) is 0. The summed E-state index contributed by atoms with van der Waals surface area (Å²) in [5, 5.41) is 5.27. The maximum absolute atomic E-state index is 6.23. The number of anilines is 3. The van der Waals surface area contributed by atoms with E-state index in [4.69, 9.17) is 13.8 Å². The number of fused-ring (bicyclic) bond motifs is 7. The molecule has 174 valence electrons. The second-order valence-corrected chi connectivity index (χ2v) is 9.08. The number of benzene rings is 4. The van der Waals surface area contributed by atoms with Gasteiger partial charge in [-0.25, -0.2) is 9.97 Å². The van der Waals surface area contributed by atoms with E-state index in [-0.39, 0.29) is 0 Å². The van der Waals surface area contributed by atoms with E-state index in [2.05, 4.69) is 64.5 Å². The number of hydrogen-bond donors (Lipinski definition) is 0. The minimum Gasteiger partial charge on any atom is -0.454 e. The van der Waals surface area contributed by atoms with Crippen molar-refractivity contribution in [1.29, 1.82) is 0 Å². The van der Waals surface area contributed by atoms with E-state index < -0.39 is 0 Å². The van der Waals surface area contributed by atoms with Crippen LogP contribution in [0, 0.1) is 0 Å². The van der Waals surface area contributed by atoms with Gasteiger partial charge in [0.15, 0.2) is 5.58 Å². The molecular weight excluding hydrogens is 458 g/mol. The Balaban J connectivity index is 1.47. The van der Waals surface area contributed by atoms with E-state index in [1.54, 1.807) is 6.20 Å². The fourth-order valence-electron chi connectivity index (χ4n) is 5.33. The highest BCUT2D eigenvalue weighted by Crippen LogP contribution is 2.44. The van der Waals surface area contributed by atoms with Crippen molar-refractivity contribution in [2.75, 3.05) is 4.90 Å².